The molecule has 484 valence electrons. The second-order valence-corrected chi connectivity index (χ2v) is 20.3. The van der Waals surface area contributed by atoms with Gasteiger partial charge in [-0.1, -0.05) is 204 Å². The van der Waals surface area contributed by atoms with Gasteiger partial charge in [-0.3, -0.25) is 4.79 Å². The standard InChI is InChI=1S/4C17H12N.C12H10N.C5H8O2.4Ir/c1-3-7-14(8-4-1)16-11-12-17(18-13-16)15-9-5-2-6-10-15;1-2-7-14(8-3-1)15-9-6-10-16(13-15)17-11-4-5-12-18-17;2*1-2-6-14(7-3-1)15-9-11-16(12-10-15)17-8-4-5-13-18-17;1-10-6-5-9-13-12(10)11-7-3-2-4-8-11;1-4(6)3-5(2)7;;;;/h2*1-9,11-13H;2*1-11,13H;2-7,9H,1H3;3,6H,1-2H3;;;;/q5*-1;;;;;/i1D,3D,4D,7D,8D;;;;;;;;;. The number of carbonyl (C=O) groups excluding carboxylic acids is 1. The van der Waals surface area contributed by atoms with Crippen LogP contribution in [0.3, 0.4) is 0 Å². The molecule has 0 aliphatic rings. The van der Waals surface area contributed by atoms with Crippen LogP contribution in [0.2, 0.25) is 0 Å². The summed E-state index contributed by atoms with van der Waals surface area (Å²) in [7, 11) is 0. The molecule has 0 unspecified atom stereocenters. The second kappa shape index (κ2) is 42.8. The van der Waals surface area contributed by atoms with Gasteiger partial charge < -0.3 is 30.0 Å². The van der Waals surface area contributed by atoms with E-state index in [0.29, 0.717) is 11.3 Å². The predicted molar refractivity (Wildman–Crippen MR) is 376 cm³/mol. The topological polar surface area (TPSA) is 102 Å². The van der Waals surface area contributed by atoms with Gasteiger partial charge in [-0.2, -0.15) is 0 Å². The summed E-state index contributed by atoms with van der Waals surface area (Å²) in [6, 6.07) is 104. The second-order valence-electron chi connectivity index (χ2n) is 20.3. The minimum absolute atomic E-state index is 0. The molecule has 1 N–H and O–H groups in total. The molecule has 96 heavy (non-hydrogen) atoms. The number of hydrogen-bond donors (Lipinski definition) is 1. The van der Waals surface area contributed by atoms with Crippen molar-refractivity contribution in [3.05, 3.63) is 382 Å². The number of carbonyl (C=O) groups is 1. The summed E-state index contributed by atoms with van der Waals surface area (Å²) in [4.78, 5) is 31.6. The molecule has 7 nitrogen and oxygen atoms in total. The molecule has 0 aliphatic carbocycles. The number of nitrogens with zero attached hydrogens (tertiary/aromatic N) is 5. The molecule has 14 rings (SSSR count). The Kier molecular flexibility index (Phi) is 30.9. The van der Waals surface area contributed by atoms with Crippen molar-refractivity contribution in [1.82, 2.24) is 24.9 Å². The van der Waals surface area contributed by atoms with E-state index < -0.39 is 6.04 Å². The van der Waals surface area contributed by atoms with Crippen LogP contribution in [0.1, 0.15) is 26.3 Å². The summed E-state index contributed by atoms with van der Waals surface area (Å²) in [6.07, 6.45) is 9.90. The van der Waals surface area contributed by atoms with Crippen LogP contribution in [0.15, 0.2) is 346 Å². The first-order chi connectivity index (χ1) is 47.3. The number of allylic oxidation sites excluding steroid dienone is 2. The number of benzene rings is 9. The van der Waals surface area contributed by atoms with E-state index in [1.165, 1.54) is 65.1 Å². The summed E-state index contributed by atoms with van der Waals surface area (Å²) in [5.74, 6) is -0.0625. The van der Waals surface area contributed by atoms with E-state index in [9.17, 15) is 4.79 Å². The maximum Gasteiger partial charge on any atom is 0.155 e. The summed E-state index contributed by atoms with van der Waals surface area (Å²) < 4.78 is 39.1. The largest absolute Gasteiger partial charge is 0.512 e. The monoisotopic (exact) mass is 1970 g/mol. The molecule has 11 heteroatoms. The number of hydrogen-bond acceptors (Lipinski definition) is 7. The molecule has 5 heterocycles. The van der Waals surface area contributed by atoms with E-state index in [1.54, 1.807) is 36.8 Å². The molecule has 0 saturated carbocycles. The first-order valence-electron chi connectivity index (χ1n) is 32.0. The number of rotatable bonds is 10. The van der Waals surface area contributed by atoms with Gasteiger partial charge in [0.2, 0.25) is 0 Å². The van der Waals surface area contributed by atoms with Gasteiger partial charge in [-0.15, -0.1) is 167 Å². The molecule has 0 spiro atoms. The van der Waals surface area contributed by atoms with Gasteiger partial charge in [-0.05, 0) is 90.2 Å². The van der Waals surface area contributed by atoms with Gasteiger partial charge in [0, 0.05) is 117 Å². The third-order valence-corrected chi connectivity index (χ3v) is 13.5. The van der Waals surface area contributed by atoms with Crippen LogP contribution >= 0.6 is 0 Å². The van der Waals surface area contributed by atoms with Gasteiger partial charge in [0.1, 0.15) is 0 Å². The van der Waals surface area contributed by atoms with Crippen molar-refractivity contribution >= 4 is 5.78 Å². The van der Waals surface area contributed by atoms with Crippen molar-refractivity contribution in [1.29, 1.82) is 0 Å². The summed E-state index contributed by atoms with van der Waals surface area (Å²) in [5.41, 5.74) is 18.6. The molecule has 0 aliphatic heterocycles. The van der Waals surface area contributed by atoms with Gasteiger partial charge in [0.05, 0.1) is 12.6 Å². The van der Waals surface area contributed by atoms with Crippen molar-refractivity contribution < 1.29 is 97.2 Å². The van der Waals surface area contributed by atoms with Crippen molar-refractivity contribution in [2.24, 2.45) is 0 Å². The van der Waals surface area contributed by atoms with E-state index in [0.717, 1.165) is 50.6 Å². The fourth-order valence-corrected chi connectivity index (χ4v) is 9.03. The van der Waals surface area contributed by atoms with E-state index in [4.69, 9.17) is 12.0 Å². The first-order valence-corrected chi connectivity index (χ1v) is 29.5. The Hall–Kier alpha value is -9.46. The van der Waals surface area contributed by atoms with Crippen molar-refractivity contribution in [2.45, 2.75) is 20.8 Å². The minimum Gasteiger partial charge on any atom is -0.512 e. The molecule has 0 saturated heterocycles. The van der Waals surface area contributed by atoms with Gasteiger partial charge in [-0.25, -0.2) is 0 Å². The number of aromatic nitrogens is 5. The molecule has 5 aromatic heterocycles. The van der Waals surface area contributed by atoms with Crippen molar-refractivity contribution in [2.75, 3.05) is 0 Å². The van der Waals surface area contributed by atoms with Crippen LogP contribution in [0.4, 0.5) is 0 Å². The van der Waals surface area contributed by atoms with Crippen LogP contribution in [0.25, 0.3) is 101 Å². The van der Waals surface area contributed by atoms with Crippen LogP contribution in [-0.4, -0.2) is 35.8 Å². The summed E-state index contributed by atoms with van der Waals surface area (Å²) in [5, 5.41) is 8.36. The number of aliphatic hydroxyl groups excluding tert-OH is 1. The molecule has 0 amide bonds. The molecule has 0 bridgehead atoms. The van der Waals surface area contributed by atoms with E-state index in [-0.39, 0.29) is 122 Å². The van der Waals surface area contributed by atoms with E-state index in [1.807, 2.05) is 182 Å². The predicted octanol–water partition coefficient (Wildman–Crippen LogP) is 20.7. The number of ketones is 1. The smallest absolute Gasteiger partial charge is 0.155 e. The Labute approximate surface area is 626 Å². The van der Waals surface area contributed by atoms with Gasteiger partial charge >= 0.3 is 0 Å². The Bertz CT molecular complexity index is 4440. The average Bonchev–Trinajstić information content (AvgIpc) is 0.779. The zero-order valence-corrected chi connectivity index (χ0v) is 62.0. The van der Waals surface area contributed by atoms with Crippen molar-refractivity contribution in [3.8, 4) is 101 Å². The molecule has 9 aromatic carbocycles. The molecule has 0 fully saturated rings. The maximum absolute atomic E-state index is 10.0. The van der Waals surface area contributed by atoms with Crippen LogP contribution < -0.4 is 0 Å². The van der Waals surface area contributed by atoms with Crippen LogP contribution in [-0.2, 0) is 85.2 Å². The fourth-order valence-electron chi connectivity index (χ4n) is 9.03. The number of pyridine rings is 5. The number of aryl methyl sites for hydroxylation is 1. The Balaban J connectivity index is 0.000000222. The molecule has 0 atom stereocenters. The summed E-state index contributed by atoms with van der Waals surface area (Å²) >= 11 is 0. The minimum atomic E-state index is -0.396. The van der Waals surface area contributed by atoms with E-state index in [2.05, 4.69) is 141 Å². The normalized spacial score (nSPS) is 10.6. The van der Waals surface area contributed by atoms with Gasteiger partial charge in [0.25, 0.3) is 0 Å². The molecular formula is C85H66Ir4N5O2-5. The Morgan fingerprint density at radius 1 is 0.365 bits per heavy atom. The zero-order chi connectivity index (χ0) is 68.1. The Morgan fingerprint density at radius 3 is 1.20 bits per heavy atom. The first kappa shape index (κ1) is 69.4. The number of aliphatic hydroxyl groups is 1. The SMILES string of the molecule is CC(=O)C=C(C)O.Cc1cccnc1-c1[c-]cccc1.[2H]c1c([2H])c([2H])c(-c2ccc(-c3[c-]cccc3)nc2)c([2H])c1[2H].[Ir].[Ir].[Ir].[Ir].[c-]1cc(-c2ccccc2)ccc1-c1ccccn1.[c-]1cc(-c2ccccc2)ccc1-c1ccccn1.[c-]1ccc(-c2ccccc2)cc1-c1ccccn1. The molecule has 14 aromatic rings. The van der Waals surface area contributed by atoms with E-state index >= 15 is 0 Å². The van der Waals surface area contributed by atoms with Gasteiger partial charge in [0.15, 0.2) is 5.78 Å². The molecular weight excluding hydrogens is 1890 g/mol. The van der Waals surface area contributed by atoms with Crippen molar-refractivity contribution in [3.63, 3.8) is 0 Å². The van der Waals surface area contributed by atoms with Crippen LogP contribution in [0.5, 0.6) is 0 Å². The maximum atomic E-state index is 10.0. The van der Waals surface area contributed by atoms with Crippen LogP contribution in [0, 0.1) is 37.3 Å². The quantitative estimate of drug-likeness (QED) is 0.0827. The fraction of sp³-hybridized carbons (Fsp3) is 0.0353. The summed E-state index contributed by atoms with van der Waals surface area (Å²) in [6.45, 7) is 4.91. The Morgan fingerprint density at radius 2 is 0.792 bits per heavy atom. The zero-order valence-electron chi connectivity index (χ0n) is 57.4. The third kappa shape index (κ3) is 25.0. The third-order valence-electron chi connectivity index (χ3n) is 13.5. The molecule has 4 radical (unpaired) electrons. The average molecular weight is 1960 g/mol.